The summed E-state index contributed by atoms with van der Waals surface area (Å²) < 4.78 is 0. The molecule has 0 aromatic rings. The van der Waals surface area contributed by atoms with Crippen molar-refractivity contribution >= 4 is 5.91 Å². The summed E-state index contributed by atoms with van der Waals surface area (Å²) in [5.41, 5.74) is 5.97. The Bertz CT molecular complexity index is 132. The Hall–Kier alpha value is -0.830. The van der Waals surface area contributed by atoms with Crippen molar-refractivity contribution < 1.29 is 4.79 Å². The largest absolute Gasteiger partial charge is 0.369 e. The van der Waals surface area contributed by atoms with E-state index in [4.69, 9.17) is 5.73 Å². The van der Waals surface area contributed by atoms with Gasteiger partial charge >= 0.3 is 0 Å². The molecule has 0 aliphatic heterocycles. The second-order valence-electron chi connectivity index (χ2n) is 2.17. The first-order valence-corrected chi connectivity index (χ1v) is 3.32. The molecule has 58 valence electrons. The van der Waals surface area contributed by atoms with Gasteiger partial charge in [0.15, 0.2) is 0 Å². The number of carbonyl (C=O) groups excluding carboxylic acids is 1. The Morgan fingerprint density at radius 3 is 2.60 bits per heavy atom. The Balaban J connectivity index is 3.20. The number of nitrogens with two attached hydrogens (primary N) is 1. The van der Waals surface area contributed by atoms with Gasteiger partial charge in [0.25, 0.3) is 0 Å². The van der Waals surface area contributed by atoms with Gasteiger partial charge in [0.05, 0.1) is 6.54 Å². The van der Waals surface area contributed by atoms with Crippen molar-refractivity contribution in [1.82, 2.24) is 5.32 Å². The number of amides is 1. The zero-order valence-electron chi connectivity index (χ0n) is 6.31. The van der Waals surface area contributed by atoms with E-state index >= 15 is 0 Å². The highest BCUT2D eigenvalue weighted by Gasteiger charge is 1.92. The summed E-state index contributed by atoms with van der Waals surface area (Å²) in [4.78, 5) is 10.2. The van der Waals surface area contributed by atoms with Gasteiger partial charge in [0.1, 0.15) is 0 Å². The highest BCUT2D eigenvalue weighted by Crippen LogP contribution is 1.91. The highest BCUT2D eigenvalue weighted by atomic mass is 16.1. The molecule has 0 radical (unpaired) electrons. The van der Waals surface area contributed by atoms with Crippen molar-refractivity contribution in [1.29, 1.82) is 0 Å². The summed E-state index contributed by atoms with van der Waals surface area (Å²) in [6.45, 7) is 6.69. The second-order valence-corrected chi connectivity index (χ2v) is 2.17. The molecule has 0 saturated carbocycles. The Labute approximate surface area is 61.3 Å². The minimum absolute atomic E-state index is 0.235. The maximum atomic E-state index is 10.2. The van der Waals surface area contributed by atoms with Crippen LogP contribution in [0.5, 0.6) is 0 Å². The van der Waals surface area contributed by atoms with Crippen LogP contribution in [0.25, 0.3) is 0 Å². The third-order valence-electron chi connectivity index (χ3n) is 1.17. The lowest BCUT2D eigenvalue weighted by molar-refractivity contribution is -0.117. The van der Waals surface area contributed by atoms with Crippen molar-refractivity contribution in [2.75, 3.05) is 13.1 Å². The predicted molar refractivity (Wildman–Crippen MR) is 41.5 cm³/mol. The van der Waals surface area contributed by atoms with Crippen LogP contribution in [0.1, 0.15) is 13.3 Å². The first kappa shape index (κ1) is 9.17. The van der Waals surface area contributed by atoms with Crippen LogP contribution in [0.4, 0.5) is 0 Å². The van der Waals surface area contributed by atoms with Gasteiger partial charge in [-0.1, -0.05) is 19.1 Å². The monoisotopic (exact) mass is 142 g/mol. The topological polar surface area (TPSA) is 55.1 Å². The number of hydrogen-bond donors (Lipinski definition) is 2. The van der Waals surface area contributed by atoms with Crippen LogP contribution in [0.15, 0.2) is 12.2 Å². The van der Waals surface area contributed by atoms with Crippen LogP contribution in [-0.2, 0) is 4.79 Å². The quantitative estimate of drug-likeness (QED) is 0.532. The summed E-state index contributed by atoms with van der Waals surface area (Å²) in [5.74, 6) is -0.330. The fourth-order valence-electron chi connectivity index (χ4n) is 0.487. The number of carbonyl (C=O) groups is 1. The molecule has 10 heavy (non-hydrogen) atoms. The molecule has 0 spiro atoms. The van der Waals surface area contributed by atoms with Gasteiger partial charge in [0, 0.05) is 6.54 Å². The van der Waals surface area contributed by atoms with Crippen LogP contribution in [0.2, 0.25) is 0 Å². The maximum absolute atomic E-state index is 10.2. The van der Waals surface area contributed by atoms with E-state index in [0.717, 1.165) is 12.0 Å². The summed E-state index contributed by atoms with van der Waals surface area (Å²) in [7, 11) is 0. The summed E-state index contributed by atoms with van der Waals surface area (Å²) in [6, 6.07) is 0. The number of hydrogen-bond acceptors (Lipinski definition) is 2. The predicted octanol–water partition coefficient (Wildman–Crippen LogP) is 0.0275. The zero-order valence-corrected chi connectivity index (χ0v) is 6.31. The van der Waals surface area contributed by atoms with Gasteiger partial charge in [-0.05, 0) is 6.42 Å². The molecule has 0 aromatic carbocycles. The van der Waals surface area contributed by atoms with Gasteiger partial charge < -0.3 is 11.1 Å². The molecular formula is C7H14N2O. The molecule has 0 saturated heterocycles. The van der Waals surface area contributed by atoms with E-state index in [9.17, 15) is 4.79 Å². The highest BCUT2D eigenvalue weighted by molar-refractivity contribution is 5.75. The fraction of sp³-hybridized carbons (Fsp3) is 0.571. The van der Waals surface area contributed by atoms with Crippen molar-refractivity contribution in [3.8, 4) is 0 Å². The molecule has 3 heteroatoms. The van der Waals surface area contributed by atoms with Gasteiger partial charge in [0.2, 0.25) is 5.91 Å². The molecule has 0 rings (SSSR count). The Morgan fingerprint density at radius 2 is 2.20 bits per heavy atom. The second kappa shape index (κ2) is 4.99. The van der Waals surface area contributed by atoms with Crippen LogP contribution >= 0.6 is 0 Å². The van der Waals surface area contributed by atoms with Gasteiger partial charge in [-0.3, -0.25) is 4.79 Å². The Kier molecular flexibility index (Phi) is 4.58. The van der Waals surface area contributed by atoms with Crippen molar-refractivity contribution in [2.24, 2.45) is 5.73 Å². The Morgan fingerprint density at radius 1 is 1.60 bits per heavy atom. The van der Waals surface area contributed by atoms with Crippen LogP contribution in [-0.4, -0.2) is 19.0 Å². The molecule has 0 aliphatic carbocycles. The van der Waals surface area contributed by atoms with Crippen LogP contribution < -0.4 is 11.1 Å². The summed E-state index contributed by atoms with van der Waals surface area (Å²) in [6.07, 6.45) is 0.936. The first-order chi connectivity index (χ1) is 4.66. The smallest absolute Gasteiger partial charge is 0.231 e. The first-order valence-electron chi connectivity index (χ1n) is 3.32. The third-order valence-corrected chi connectivity index (χ3v) is 1.17. The number of nitrogens with one attached hydrogen (secondary N) is 1. The molecule has 1 amide bonds. The summed E-state index contributed by atoms with van der Waals surface area (Å²) in [5, 5.41) is 2.86. The normalized spacial score (nSPS) is 9.30. The third kappa shape index (κ3) is 5.31. The van der Waals surface area contributed by atoms with E-state index in [0.29, 0.717) is 6.54 Å². The summed E-state index contributed by atoms with van der Waals surface area (Å²) >= 11 is 0. The zero-order chi connectivity index (χ0) is 7.98. The maximum Gasteiger partial charge on any atom is 0.231 e. The minimum atomic E-state index is -0.330. The lowest BCUT2D eigenvalue weighted by Crippen LogP contribution is -2.29. The molecule has 0 unspecified atom stereocenters. The number of primary amides is 1. The molecule has 0 fully saturated rings. The van der Waals surface area contributed by atoms with E-state index in [-0.39, 0.29) is 12.5 Å². The van der Waals surface area contributed by atoms with Crippen LogP contribution in [0, 0.1) is 0 Å². The van der Waals surface area contributed by atoms with E-state index in [1.54, 1.807) is 0 Å². The van der Waals surface area contributed by atoms with Crippen molar-refractivity contribution in [3.05, 3.63) is 12.2 Å². The van der Waals surface area contributed by atoms with Crippen molar-refractivity contribution in [2.45, 2.75) is 13.3 Å². The molecule has 3 N–H and O–H groups in total. The molecule has 0 bridgehead atoms. The molecule has 0 aromatic heterocycles. The van der Waals surface area contributed by atoms with E-state index in [1.165, 1.54) is 0 Å². The van der Waals surface area contributed by atoms with E-state index in [1.807, 2.05) is 6.92 Å². The molecule has 0 aliphatic rings. The average Bonchev–Trinajstić information content (AvgIpc) is 1.87. The molecule has 0 atom stereocenters. The van der Waals surface area contributed by atoms with Gasteiger partial charge in [-0.15, -0.1) is 0 Å². The van der Waals surface area contributed by atoms with Gasteiger partial charge in [-0.25, -0.2) is 0 Å². The van der Waals surface area contributed by atoms with Crippen molar-refractivity contribution in [3.63, 3.8) is 0 Å². The fourth-order valence-corrected chi connectivity index (χ4v) is 0.487. The van der Waals surface area contributed by atoms with E-state index in [2.05, 4.69) is 11.9 Å². The minimum Gasteiger partial charge on any atom is -0.369 e. The number of rotatable bonds is 5. The molecular weight excluding hydrogens is 128 g/mol. The lowest BCUT2D eigenvalue weighted by atomic mass is 10.2. The standard InChI is InChI=1S/C7H14N2O/c1-3-6(2)4-9-5-7(8)10/h9H,2-5H2,1H3,(H2,8,10). The van der Waals surface area contributed by atoms with E-state index < -0.39 is 0 Å². The lowest BCUT2D eigenvalue weighted by Gasteiger charge is -2.01. The molecule has 3 nitrogen and oxygen atoms in total. The molecule has 0 heterocycles. The van der Waals surface area contributed by atoms with Gasteiger partial charge in [-0.2, -0.15) is 0 Å². The average molecular weight is 142 g/mol. The SMILES string of the molecule is C=C(CC)CNCC(N)=O. The van der Waals surface area contributed by atoms with Crippen LogP contribution in [0.3, 0.4) is 0 Å².